The van der Waals surface area contributed by atoms with E-state index >= 15 is 0 Å². The molecule has 0 bridgehead atoms. The zero-order chi connectivity index (χ0) is 21.7. The lowest BCUT2D eigenvalue weighted by Crippen LogP contribution is -2.35. The van der Waals surface area contributed by atoms with Crippen LogP contribution in [0.25, 0.3) is 5.69 Å². The molecule has 1 aromatic heterocycles. The smallest absolute Gasteiger partial charge is 0.270 e. The number of nitrogens with zero attached hydrogens (tertiary/aromatic N) is 3. The van der Waals surface area contributed by atoms with Crippen LogP contribution in [0.4, 0.5) is 4.39 Å². The second-order valence-electron chi connectivity index (χ2n) is 6.91. The Kier molecular flexibility index (Phi) is 7.12. The molecule has 0 fully saturated rings. The van der Waals surface area contributed by atoms with Crippen molar-refractivity contribution in [3.63, 3.8) is 0 Å². The molecule has 0 aliphatic heterocycles. The fourth-order valence-corrected chi connectivity index (χ4v) is 3.75. The molecule has 3 rings (SSSR count). The number of halogens is 1. The monoisotopic (exact) mass is 428 g/mol. The van der Waals surface area contributed by atoms with Gasteiger partial charge in [-0.3, -0.25) is 9.36 Å². The summed E-state index contributed by atoms with van der Waals surface area (Å²) >= 11 is 1.42. The Morgan fingerprint density at radius 3 is 2.63 bits per heavy atom. The van der Waals surface area contributed by atoms with Gasteiger partial charge in [0.15, 0.2) is 5.16 Å². The number of likely N-dealkylation sites (N-methyl/N-ethyl adjacent to an activating group) is 1. The third-order valence-corrected chi connectivity index (χ3v) is 5.44. The van der Waals surface area contributed by atoms with Crippen molar-refractivity contribution in [2.45, 2.75) is 11.2 Å². The topological polar surface area (TPSA) is 59.4 Å². The summed E-state index contributed by atoms with van der Waals surface area (Å²) in [5.74, 6) is 0.189. The van der Waals surface area contributed by atoms with E-state index in [2.05, 4.69) is 10.3 Å². The van der Waals surface area contributed by atoms with Crippen LogP contribution in [0.5, 0.6) is 5.75 Å². The van der Waals surface area contributed by atoms with Gasteiger partial charge in [-0.2, -0.15) is 0 Å². The third kappa shape index (κ3) is 4.83. The highest BCUT2D eigenvalue weighted by Gasteiger charge is 2.21. The van der Waals surface area contributed by atoms with Crippen LogP contribution in [0.3, 0.4) is 0 Å². The molecule has 1 amide bonds. The van der Waals surface area contributed by atoms with Gasteiger partial charge in [0, 0.05) is 12.2 Å². The number of aromatic nitrogens is 2. The van der Waals surface area contributed by atoms with E-state index in [9.17, 15) is 9.18 Å². The molecule has 0 saturated heterocycles. The molecular weight excluding hydrogens is 403 g/mol. The predicted molar refractivity (Wildman–Crippen MR) is 117 cm³/mol. The number of benzene rings is 2. The minimum absolute atomic E-state index is 0.0359. The molecule has 1 heterocycles. The fraction of sp³-hybridized carbons (Fsp3) is 0.273. The van der Waals surface area contributed by atoms with Crippen molar-refractivity contribution in [3.05, 3.63) is 71.8 Å². The van der Waals surface area contributed by atoms with E-state index in [0.29, 0.717) is 23.1 Å². The molecule has 30 heavy (non-hydrogen) atoms. The highest BCUT2D eigenvalue weighted by Crippen LogP contribution is 2.24. The van der Waals surface area contributed by atoms with E-state index in [1.54, 1.807) is 30.0 Å². The molecular formula is C22H25FN4O2S. The van der Waals surface area contributed by atoms with Gasteiger partial charge in [-0.25, -0.2) is 9.37 Å². The summed E-state index contributed by atoms with van der Waals surface area (Å²) in [7, 11) is 5.56. The van der Waals surface area contributed by atoms with Gasteiger partial charge in [-0.05, 0) is 62.3 Å². The summed E-state index contributed by atoms with van der Waals surface area (Å²) in [4.78, 5) is 19.4. The van der Waals surface area contributed by atoms with Crippen molar-refractivity contribution in [1.29, 1.82) is 0 Å². The molecule has 0 saturated carbocycles. The lowest BCUT2D eigenvalue weighted by molar-refractivity contribution is 0.0934. The molecule has 6 nitrogen and oxygen atoms in total. The molecule has 0 aliphatic rings. The van der Waals surface area contributed by atoms with Crippen molar-refractivity contribution in [2.75, 3.05) is 34.0 Å². The van der Waals surface area contributed by atoms with Gasteiger partial charge in [0.25, 0.3) is 5.91 Å². The quantitative estimate of drug-likeness (QED) is 0.554. The molecule has 1 unspecified atom stereocenters. The number of amides is 1. The van der Waals surface area contributed by atoms with E-state index in [1.807, 2.05) is 49.5 Å². The lowest BCUT2D eigenvalue weighted by Gasteiger charge is -2.25. The average molecular weight is 429 g/mol. The van der Waals surface area contributed by atoms with Crippen LogP contribution < -0.4 is 10.1 Å². The normalized spacial score (nSPS) is 12.1. The summed E-state index contributed by atoms with van der Waals surface area (Å²) in [6.45, 7) is 0.405. The number of thioether (sulfide) groups is 1. The number of hydrogen-bond acceptors (Lipinski definition) is 5. The molecule has 1 N–H and O–H groups in total. The van der Waals surface area contributed by atoms with Crippen LogP contribution in [0.1, 0.15) is 22.1 Å². The molecule has 0 radical (unpaired) electrons. The summed E-state index contributed by atoms with van der Waals surface area (Å²) in [5, 5.41) is 3.67. The Morgan fingerprint density at radius 1 is 1.27 bits per heavy atom. The average Bonchev–Trinajstić information content (AvgIpc) is 3.18. The minimum Gasteiger partial charge on any atom is -0.497 e. The number of rotatable bonds is 8. The van der Waals surface area contributed by atoms with Crippen LogP contribution in [0.15, 0.2) is 59.9 Å². The first kappa shape index (κ1) is 21.9. The van der Waals surface area contributed by atoms with Crippen LogP contribution >= 0.6 is 11.8 Å². The standard InChI is InChI=1S/C22H25FN4O2S/c1-26(2)19(15-6-5-7-18(12-15)29-3)13-24-21(28)20-14-25-22(30-4)27(20)17-10-8-16(23)9-11-17/h5-12,14,19H,13H2,1-4H3,(H,24,28). The molecule has 8 heteroatoms. The van der Waals surface area contributed by atoms with Crippen LogP contribution in [0.2, 0.25) is 0 Å². The molecule has 3 aromatic rings. The van der Waals surface area contributed by atoms with Crippen molar-refractivity contribution < 1.29 is 13.9 Å². The fourth-order valence-electron chi connectivity index (χ4n) is 3.21. The lowest BCUT2D eigenvalue weighted by atomic mass is 10.1. The van der Waals surface area contributed by atoms with Gasteiger partial charge >= 0.3 is 0 Å². The Balaban J connectivity index is 1.83. The highest BCUT2D eigenvalue weighted by atomic mass is 32.2. The molecule has 1 atom stereocenters. The van der Waals surface area contributed by atoms with Gasteiger partial charge in [0.05, 0.1) is 19.3 Å². The second-order valence-corrected chi connectivity index (χ2v) is 7.68. The highest BCUT2D eigenvalue weighted by molar-refractivity contribution is 7.98. The van der Waals surface area contributed by atoms with Crippen LogP contribution in [-0.2, 0) is 0 Å². The molecule has 2 aromatic carbocycles. The second kappa shape index (κ2) is 9.77. The number of carbonyl (C=O) groups excluding carboxylic acids is 1. The predicted octanol–water partition coefficient (Wildman–Crippen LogP) is 3.77. The maximum atomic E-state index is 13.3. The Bertz CT molecular complexity index is 1000. The van der Waals surface area contributed by atoms with Gasteiger partial charge < -0.3 is 15.0 Å². The minimum atomic E-state index is -0.331. The number of ether oxygens (including phenoxy) is 1. The Hall–Kier alpha value is -2.84. The van der Waals surface area contributed by atoms with Crippen molar-refractivity contribution in [1.82, 2.24) is 19.8 Å². The third-order valence-electron chi connectivity index (χ3n) is 4.79. The van der Waals surface area contributed by atoms with E-state index in [-0.39, 0.29) is 17.8 Å². The summed E-state index contributed by atoms with van der Waals surface area (Å²) in [6, 6.07) is 13.8. The number of imidazole rings is 1. The van der Waals surface area contributed by atoms with E-state index < -0.39 is 0 Å². The number of nitrogens with one attached hydrogen (secondary N) is 1. The van der Waals surface area contributed by atoms with Gasteiger partial charge in [-0.15, -0.1) is 0 Å². The maximum absolute atomic E-state index is 13.3. The number of hydrogen-bond donors (Lipinski definition) is 1. The van der Waals surface area contributed by atoms with Crippen LogP contribution in [-0.4, -0.2) is 54.4 Å². The molecule has 158 valence electrons. The first-order chi connectivity index (χ1) is 14.4. The SMILES string of the molecule is COc1cccc(C(CNC(=O)c2cnc(SC)n2-c2ccc(F)cc2)N(C)C)c1. The molecule has 0 aliphatic carbocycles. The van der Waals surface area contributed by atoms with E-state index in [4.69, 9.17) is 4.74 Å². The Morgan fingerprint density at radius 2 is 2.00 bits per heavy atom. The van der Waals surface area contributed by atoms with Crippen molar-refractivity contribution >= 4 is 17.7 Å². The zero-order valence-corrected chi connectivity index (χ0v) is 18.2. The van der Waals surface area contributed by atoms with Gasteiger partial charge in [0.2, 0.25) is 0 Å². The van der Waals surface area contributed by atoms with Gasteiger partial charge in [-0.1, -0.05) is 23.9 Å². The summed E-state index contributed by atoms with van der Waals surface area (Å²) in [5.41, 5.74) is 2.12. The van der Waals surface area contributed by atoms with Crippen molar-refractivity contribution in [3.8, 4) is 11.4 Å². The summed E-state index contributed by atoms with van der Waals surface area (Å²) < 4.78 is 20.4. The number of carbonyl (C=O) groups is 1. The first-order valence-electron chi connectivity index (χ1n) is 9.40. The molecule has 0 spiro atoms. The Labute approximate surface area is 180 Å². The maximum Gasteiger partial charge on any atom is 0.270 e. The van der Waals surface area contributed by atoms with Crippen LogP contribution in [0, 0.1) is 5.82 Å². The number of methoxy groups -OCH3 is 1. The van der Waals surface area contributed by atoms with E-state index in [0.717, 1.165) is 11.3 Å². The van der Waals surface area contributed by atoms with E-state index in [1.165, 1.54) is 23.9 Å². The first-order valence-corrected chi connectivity index (χ1v) is 10.6. The largest absolute Gasteiger partial charge is 0.497 e. The zero-order valence-electron chi connectivity index (χ0n) is 17.4. The van der Waals surface area contributed by atoms with Gasteiger partial charge in [0.1, 0.15) is 17.3 Å². The van der Waals surface area contributed by atoms with Crippen molar-refractivity contribution in [2.24, 2.45) is 0 Å². The summed E-state index contributed by atoms with van der Waals surface area (Å²) in [6.07, 6.45) is 3.43.